The van der Waals surface area contributed by atoms with Crippen molar-refractivity contribution in [1.82, 2.24) is 4.98 Å². The summed E-state index contributed by atoms with van der Waals surface area (Å²) in [5.74, 6) is -0.874. The fourth-order valence-corrected chi connectivity index (χ4v) is 2.79. The van der Waals surface area contributed by atoms with Crippen molar-refractivity contribution in [3.05, 3.63) is 83.2 Å². The monoisotopic (exact) mass is 371 g/mol. The van der Waals surface area contributed by atoms with Crippen molar-refractivity contribution in [3.8, 4) is 17.5 Å². The molecule has 0 aliphatic rings. The Hall–Kier alpha value is -3.98. The average Bonchev–Trinajstić information content (AvgIpc) is 3.11. The van der Waals surface area contributed by atoms with E-state index in [9.17, 15) is 9.18 Å². The Morgan fingerprint density at radius 1 is 1.11 bits per heavy atom. The van der Waals surface area contributed by atoms with Crippen LogP contribution in [-0.4, -0.2) is 10.9 Å². The average molecular weight is 371 g/mol. The van der Waals surface area contributed by atoms with Crippen LogP contribution in [-0.2, 0) is 0 Å². The molecule has 3 aromatic carbocycles. The predicted octanol–water partition coefficient (Wildman–Crippen LogP) is 5.07. The normalized spacial score (nSPS) is 10.6. The van der Waals surface area contributed by atoms with Crippen LogP contribution < -0.4 is 5.32 Å². The van der Waals surface area contributed by atoms with Gasteiger partial charge in [-0.2, -0.15) is 5.26 Å². The van der Waals surface area contributed by atoms with E-state index in [-0.39, 0.29) is 11.1 Å². The molecule has 5 nitrogen and oxygen atoms in total. The molecule has 1 N–H and O–H groups in total. The Morgan fingerprint density at radius 3 is 2.61 bits per heavy atom. The van der Waals surface area contributed by atoms with Crippen molar-refractivity contribution in [2.75, 3.05) is 5.32 Å². The molecule has 0 saturated carbocycles. The lowest BCUT2D eigenvalue weighted by atomic mass is 10.1. The number of aromatic nitrogens is 1. The molecule has 0 spiro atoms. The van der Waals surface area contributed by atoms with E-state index in [0.29, 0.717) is 22.7 Å². The van der Waals surface area contributed by atoms with Gasteiger partial charge in [0.15, 0.2) is 5.58 Å². The highest BCUT2D eigenvalue weighted by atomic mass is 19.1. The zero-order valence-corrected chi connectivity index (χ0v) is 14.9. The van der Waals surface area contributed by atoms with E-state index in [1.54, 1.807) is 18.2 Å². The number of hydrogen-bond donors (Lipinski definition) is 1. The number of hydrogen-bond acceptors (Lipinski definition) is 4. The van der Waals surface area contributed by atoms with Crippen LogP contribution in [0.3, 0.4) is 0 Å². The molecular weight excluding hydrogens is 357 g/mol. The number of carbonyl (C=O) groups is 1. The van der Waals surface area contributed by atoms with E-state index in [4.69, 9.17) is 9.68 Å². The molecule has 1 heterocycles. The maximum atomic E-state index is 14.0. The molecule has 0 saturated heterocycles. The summed E-state index contributed by atoms with van der Waals surface area (Å²) in [5, 5.41) is 11.4. The summed E-state index contributed by atoms with van der Waals surface area (Å²) in [6, 6.07) is 18.4. The predicted molar refractivity (Wildman–Crippen MR) is 103 cm³/mol. The first kappa shape index (κ1) is 17.4. The third kappa shape index (κ3) is 3.33. The molecule has 0 aliphatic heterocycles. The van der Waals surface area contributed by atoms with E-state index in [1.807, 2.05) is 37.3 Å². The lowest BCUT2D eigenvalue weighted by Crippen LogP contribution is -2.13. The lowest BCUT2D eigenvalue weighted by molar-refractivity contribution is 0.102. The van der Waals surface area contributed by atoms with Crippen molar-refractivity contribution in [1.29, 1.82) is 5.26 Å². The second kappa shape index (κ2) is 6.97. The highest BCUT2D eigenvalue weighted by molar-refractivity contribution is 6.05. The van der Waals surface area contributed by atoms with Gasteiger partial charge in [-0.15, -0.1) is 0 Å². The number of rotatable bonds is 3. The Kier molecular flexibility index (Phi) is 4.34. The quantitative estimate of drug-likeness (QED) is 0.545. The van der Waals surface area contributed by atoms with Crippen LogP contribution in [0.2, 0.25) is 0 Å². The number of anilines is 1. The summed E-state index contributed by atoms with van der Waals surface area (Å²) in [7, 11) is 0. The van der Waals surface area contributed by atoms with Crippen molar-refractivity contribution in [2.24, 2.45) is 0 Å². The van der Waals surface area contributed by atoms with Gasteiger partial charge in [-0.05, 0) is 55.5 Å². The topological polar surface area (TPSA) is 78.9 Å². The Bertz CT molecular complexity index is 1240. The second-order valence-electron chi connectivity index (χ2n) is 6.33. The number of amides is 1. The first-order valence-corrected chi connectivity index (χ1v) is 8.52. The van der Waals surface area contributed by atoms with E-state index in [0.717, 1.165) is 17.2 Å². The minimum atomic E-state index is -0.749. The molecule has 1 aromatic heterocycles. The van der Waals surface area contributed by atoms with Crippen molar-refractivity contribution in [3.63, 3.8) is 0 Å². The number of nitrogens with zero attached hydrogens (tertiary/aromatic N) is 2. The van der Waals surface area contributed by atoms with Crippen LogP contribution in [0.4, 0.5) is 10.1 Å². The van der Waals surface area contributed by atoms with Crippen LogP contribution in [0.1, 0.15) is 21.5 Å². The van der Waals surface area contributed by atoms with Gasteiger partial charge in [0.1, 0.15) is 11.3 Å². The van der Waals surface area contributed by atoms with E-state index in [1.165, 1.54) is 12.1 Å². The highest BCUT2D eigenvalue weighted by Gasteiger charge is 2.14. The van der Waals surface area contributed by atoms with Gasteiger partial charge in [-0.1, -0.05) is 17.7 Å². The van der Waals surface area contributed by atoms with Gasteiger partial charge in [-0.25, -0.2) is 9.37 Å². The second-order valence-corrected chi connectivity index (χ2v) is 6.33. The van der Waals surface area contributed by atoms with Gasteiger partial charge < -0.3 is 9.73 Å². The number of nitriles is 1. The number of benzene rings is 3. The lowest BCUT2D eigenvalue weighted by Gasteiger charge is -2.06. The van der Waals surface area contributed by atoms with Crippen LogP contribution in [0.15, 0.2) is 65.1 Å². The summed E-state index contributed by atoms with van der Waals surface area (Å²) >= 11 is 0. The van der Waals surface area contributed by atoms with Crippen LogP contribution in [0, 0.1) is 24.1 Å². The maximum absolute atomic E-state index is 14.0. The van der Waals surface area contributed by atoms with E-state index < -0.39 is 11.7 Å². The number of nitrogens with one attached hydrogen (secondary N) is 1. The fraction of sp³-hybridized carbons (Fsp3) is 0.0455. The standard InChI is InChI=1S/C22H14FN3O2/c1-13-2-5-15(6-3-13)22-26-19-11-16(7-9-20(19)28-22)25-21(27)17-8-4-14(12-24)10-18(17)23/h2-11H,1H3,(H,25,27). The summed E-state index contributed by atoms with van der Waals surface area (Å²) in [6.07, 6.45) is 0. The summed E-state index contributed by atoms with van der Waals surface area (Å²) in [5.41, 5.74) is 3.63. The minimum absolute atomic E-state index is 0.139. The number of oxazole rings is 1. The zero-order chi connectivity index (χ0) is 19.7. The Morgan fingerprint density at radius 2 is 1.89 bits per heavy atom. The Balaban J connectivity index is 1.60. The third-order valence-corrected chi connectivity index (χ3v) is 4.29. The molecule has 0 aliphatic carbocycles. The molecule has 6 heteroatoms. The molecule has 0 unspecified atom stereocenters. The van der Waals surface area contributed by atoms with Gasteiger partial charge in [-0.3, -0.25) is 4.79 Å². The smallest absolute Gasteiger partial charge is 0.258 e. The van der Waals surface area contributed by atoms with Crippen molar-refractivity contribution in [2.45, 2.75) is 6.92 Å². The van der Waals surface area contributed by atoms with E-state index in [2.05, 4.69) is 10.3 Å². The van der Waals surface area contributed by atoms with Crippen LogP contribution >= 0.6 is 0 Å². The molecule has 0 fully saturated rings. The minimum Gasteiger partial charge on any atom is -0.436 e. The highest BCUT2D eigenvalue weighted by Crippen LogP contribution is 2.26. The number of halogens is 1. The molecule has 1 amide bonds. The number of aryl methyl sites for hydroxylation is 1. The molecule has 0 atom stereocenters. The Labute approximate surface area is 160 Å². The maximum Gasteiger partial charge on any atom is 0.258 e. The number of fused-ring (bicyclic) bond motifs is 1. The largest absolute Gasteiger partial charge is 0.436 e. The summed E-state index contributed by atoms with van der Waals surface area (Å²) in [6.45, 7) is 2.00. The molecule has 4 aromatic rings. The van der Waals surface area contributed by atoms with E-state index >= 15 is 0 Å². The summed E-state index contributed by atoms with van der Waals surface area (Å²) in [4.78, 5) is 16.8. The third-order valence-electron chi connectivity index (χ3n) is 4.29. The number of carbonyl (C=O) groups excluding carboxylic acids is 1. The van der Waals surface area contributed by atoms with Gasteiger partial charge in [0, 0.05) is 11.3 Å². The van der Waals surface area contributed by atoms with Gasteiger partial charge >= 0.3 is 0 Å². The first-order valence-electron chi connectivity index (χ1n) is 8.52. The molecular formula is C22H14FN3O2. The SMILES string of the molecule is Cc1ccc(-c2nc3cc(NC(=O)c4ccc(C#N)cc4F)ccc3o2)cc1. The fourth-order valence-electron chi connectivity index (χ4n) is 2.79. The van der Waals surface area contributed by atoms with Gasteiger partial charge in [0.05, 0.1) is 17.2 Å². The molecule has 4 rings (SSSR count). The first-order chi connectivity index (χ1) is 13.5. The zero-order valence-electron chi connectivity index (χ0n) is 14.9. The van der Waals surface area contributed by atoms with Gasteiger partial charge in [0.2, 0.25) is 5.89 Å². The van der Waals surface area contributed by atoms with Crippen LogP contribution in [0.5, 0.6) is 0 Å². The van der Waals surface area contributed by atoms with Crippen molar-refractivity contribution < 1.29 is 13.6 Å². The summed E-state index contributed by atoms with van der Waals surface area (Å²) < 4.78 is 19.8. The molecule has 28 heavy (non-hydrogen) atoms. The van der Waals surface area contributed by atoms with Crippen molar-refractivity contribution >= 4 is 22.7 Å². The molecule has 136 valence electrons. The van der Waals surface area contributed by atoms with Crippen LogP contribution in [0.25, 0.3) is 22.6 Å². The molecule has 0 bridgehead atoms. The molecule has 0 radical (unpaired) electrons. The van der Waals surface area contributed by atoms with Gasteiger partial charge in [0.25, 0.3) is 5.91 Å².